The molecule has 14 heavy (non-hydrogen) atoms. The van der Waals surface area contributed by atoms with Crippen LogP contribution in [0.1, 0.15) is 11.1 Å². The maximum absolute atomic E-state index is 10.1. The van der Waals surface area contributed by atoms with Crippen molar-refractivity contribution in [2.24, 2.45) is 0 Å². The van der Waals surface area contributed by atoms with E-state index in [-0.39, 0.29) is 6.61 Å². The second-order valence-electron chi connectivity index (χ2n) is 2.96. The number of amides is 1. The van der Waals surface area contributed by atoms with Gasteiger partial charge < -0.3 is 15.5 Å². The summed E-state index contributed by atoms with van der Waals surface area (Å²) in [7, 11) is 0. The highest BCUT2D eigenvalue weighted by Gasteiger charge is 1.96. The van der Waals surface area contributed by atoms with E-state index in [1.54, 1.807) is 0 Å². The quantitative estimate of drug-likeness (QED) is 0.671. The van der Waals surface area contributed by atoms with E-state index in [1.165, 1.54) is 0 Å². The third-order valence-electron chi connectivity index (χ3n) is 1.90. The Balaban J connectivity index is 2.40. The van der Waals surface area contributed by atoms with Crippen molar-refractivity contribution in [3.8, 4) is 0 Å². The largest absolute Gasteiger partial charge is 0.465 e. The summed E-state index contributed by atoms with van der Waals surface area (Å²) in [5.74, 6) is 0. The first-order chi connectivity index (χ1) is 6.72. The summed E-state index contributed by atoms with van der Waals surface area (Å²) in [5, 5.41) is 19.4. The molecule has 4 heteroatoms. The van der Waals surface area contributed by atoms with Gasteiger partial charge in [0.05, 0.1) is 6.61 Å². The van der Waals surface area contributed by atoms with Crippen LogP contribution in [0.15, 0.2) is 24.3 Å². The van der Waals surface area contributed by atoms with Crippen LogP contribution in [0.2, 0.25) is 0 Å². The maximum atomic E-state index is 10.1. The maximum Gasteiger partial charge on any atom is 0.404 e. The van der Waals surface area contributed by atoms with Gasteiger partial charge >= 0.3 is 6.09 Å². The number of carbonyl (C=O) groups is 1. The fourth-order valence-electron chi connectivity index (χ4n) is 1.13. The number of nitrogens with one attached hydrogen (secondary N) is 1. The summed E-state index contributed by atoms with van der Waals surface area (Å²) in [6, 6.07) is 7.43. The third kappa shape index (κ3) is 3.45. The monoisotopic (exact) mass is 195 g/mol. The average Bonchev–Trinajstić information content (AvgIpc) is 2.18. The summed E-state index contributed by atoms with van der Waals surface area (Å²) in [4.78, 5) is 10.1. The van der Waals surface area contributed by atoms with E-state index in [0.717, 1.165) is 11.1 Å². The van der Waals surface area contributed by atoms with E-state index in [2.05, 4.69) is 5.32 Å². The molecule has 3 N–H and O–H groups in total. The van der Waals surface area contributed by atoms with Crippen molar-refractivity contribution in [1.82, 2.24) is 5.32 Å². The minimum absolute atomic E-state index is 0.0354. The number of rotatable bonds is 4. The van der Waals surface area contributed by atoms with Gasteiger partial charge in [-0.2, -0.15) is 0 Å². The lowest BCUT2D eigenvalue weighted by atomic mass is 10.1. The second-order valence-corrected chi connectivity index (χ2v) is 2.96. The molecule has 0 bridgehead atoms. The molecular formula is C10H13NO3. The molecule has 4 nitrogen and oxygen atoms in total. The van der Waals surface area contributed by atoms with Crippen molar-refractivity contribution in [2.75, 3.05) is 6.54 Å². The van der Waals surface area contributed by atoms with Crippen molar-refractivity contribution in [3.05, 3.63) is 35.4 Å². The standard InChI is InChI=1S/C10H13NO3/c12-7-9-3-1-8(2-4-9)5-6-11-10(13)14/h1-4,11-12H,5-7H2,(H,13,14). The lowest BCUT2D eigenvalue weighted by molar-refractivity contribution is 0.194. The van der Waals surface area contributed by atoms with Crippen molar-refractivity contribution in [3.63, 3.8) is 0 Å². The number of carboxylic acid groups (broad SMARTS) is 1. The first-order valence-electron chi connectivity index (χ1n) is 4.38. The van der Waals surface area contributed by atoms with E-state index >= 15 is 0 Å². The zero-order chi connectivity index (χ0) is 10.4. The van der Waals surface area contributed by atoms with Crippen LogP contribution in [-0.4, -0.2) is 22.9 Å². The van der Waals surface area contributed by atoms with Crippen LogP contribution in [0.5, 0.6) is 0 Å². The highest BCUT2D eigenvalue weighted by molar-refractivity contribution is 5.64. The Kier molecular flexibility index (Phi) is 3.94. The molecule has 0 atom stereocenters. The molecule has 1 rings (SSSR count). The topological polar surface area (TPSA) is 69.6 Å². The number of aliphatic hydroxyl groups is 1. The minimum Gasteiger partial charge on any atom is -0.465 e. The van der Waals surface area contributed by atoms with Crippen molar-refractivity contribution >= 4 is 6.09 Å². The van der Waals surface area contributed by atoms with Gasteiger partial charge in [-0.05, 0) is 17.5 Å². The van der Waals surface area contributed by atoms with Crippen LogP contribution in [-0.2, 0) is 13.0 Å². The van der Waals surface area contributed by atoms with Gasteiger partial charge in [0, 0.05) is 6.54 Å². The molecule has 0 unspecified atom stereocenters. The number of hydrogen-bond acceptors (Lipinski definition) is 2. The minimum atomic E-state index is -1.00. The first kappa shape index (κ1) is 10.5. The molecule has 76 valence electrons. The highest BCUT2D eigenvalue weighted by atomic mass is 16.4. The zero-order valence-corrected chi connectivity index (χ0v) is 7.73. The lowest BCUT2D eigenvalue weighted by Gasteiger charge is -2.02. The molecule has 1 aromatic rings. The zero-order valence-electron chi connectivity index (χ0n) is 7.73. The molecule has 1 amide bonds. The highest BCUT2D eigenvalue weighted by Crippen LogP contribution is 2.04. The van der Waals surface area contributed by atoms with Crippen LogP contribution in [0.25, 0.3) is 0 Å². The Hall–Kier alpha value is -1.55. The van der Waals surface area contributed by atoms with Gasteiger partial charge in [-0.3, -0.25) is 0 Å². The summed E-state index contributed by atoms with van der Waals surface area (Å²) >= 11 is 0. The molecule has 0 fully saturated rings. The van der Waals surface area contributed by atoms with Gasteiger partial charge in [0.1, 0.15) is 0 Å². The third-order valence-corrected chi connectivity index (χ3v) is 1.90. The molecular weight excluding hydrogens is 182 g/mol. The molecule has 0 aliphatic heterocycles. The van der Waals surface area contributed by atoms with E-state index < -0.39 is 6.09 Å². The van der Waals surface area contributed by atoms with Crippen molar-refractivity contribution in [1.29, 1.82) is 0 Å². The molecule has 0 spiro atoms. The van der Waals surface area contributed by atoms with Gasteiger partial charge in [0.2, 0.25) is 0 Å². The molecule has 0 saturated heterocycles. The van der Waals surface area contributed by atoms with Crippen LogP contribution in [0, 0.1) is 0 Å². The van der Waals surface area contributed by atoms with Crippen molar-refractivity contribution in [2.45, 2.75) is 13.0 Å². The first-order valence-corrected chi connectivity index (χ1v) is 4.38. The predicted molar refractivity (Wildman–Crippen MR) is 52.1 cm³/mol. The Bertz CT molecular complexity index is 295. The Labute approximate surface area is 82.2 Å². The van der Waals surface area contributed by atoms with Crippen molar-refractivity contribution < 1.29 is 15.0 Å². The lowest BCUT2D eigenvalue weighted by Crippen LogP contribution is -2.23. The fraction of sp³-hybridized carbons (Fsp3) is 0.300. The van der Waals surface area contributed by atoms with Gasteiger partial charge in [0.25, 0.3) is 0 Å². The molecule has 0 heterocycles. The van der Waals surface area contributed by atoms with Crippen LogP contribution in [0.4, 0.5) is 4.79 Å². The number of benzene rings is 1. The smallest absolute Gasteiger partial charge is 0.404 e. The Morgan fingerprint density at radius 2 is 1.79 bits per heavy atom. The number of hydrogen-bond donors (Lipinski definition) is 3. The van der Waals surface area contributed by atoms with E-state index in [1.807, 2.05) is 24.3 Å². The molecule has 0 aliphatic rings. The molecule has 0 aromatic heterocycles. The van der Waals surface area contributed by atoms with E-state index in [9.17, 15) is 4.79 Å². The average molecular weight is 195 g/mol. The predicted octanol–water partition coefficient (Wildman–Crippen LogP) is 0.989. The summed E-state index contributed by atoms with van der Waals surface area (Å²) in [6.45, 7) is 0.446. The van der Waals surface area contributed by atoms with Gasteiger partial charge in [-0.1, -0.05) is 24.3 Å². The summed E-state index contributed by atoms with van der Waals surface area (Å²) < 4.78 is 0. The van der Waals surface area contributed by atoms with Gasteiger partial charge in [0.15, 0.2) is 0 Å². The van der Waals surface area contributed by atoms with E-state index in [0.29, 0.717) is 13.0 Å². The van der Waals surface area contributed by atoms with E-state index in [4.69, 9.17) is 10.2 Å². The van der Waals surface area contributed by atoms with Crippen LogP contribution >= 0.6 is 0 Å². The Morgan fingerprint density at radius 3 is 2.29 bits per heavy atom. The fourth-order valence-corrected chi connectivity index (χ4v) is 1.13. The Morgan fingerprint density at radius 1 is 1.21 bits per heavy atom. The van der Waals surface area contributed by atoms with Crippen LogP contribution < -0.4 is 5.32 Å². The second kappa shape index (κ2) is 5.24. The molecule has 1 aromatic carbocycles. The molecule has 0 saturated carbocycles. The SMILES string of the molecule is O=C(O)NCCc1ccc(CO)cc1. The van der Waals surface area contributed by atoms with Gasteiger partial charge in [-0.15, -0.1) is 0 Å². The molecule has 0 aliphatic carbocycles. The van der Waals surface area contributed by atoms with Crippen LogP contribution in [0.3, 0.4) is 0 Å². The summed E-state index contributed by atoms with van der Waals surface area (Å²) in [5.41, 5.74) is 1.91. The normalized spacial score (nSPS) is 9.79. The summed E-state index contributed by atoms with van der Waals surface area (Å²) in [6.07, 6.45) is -0.338. The molecule has 0 radical (unpaired) electrons. The van der Waals surface area contributed by atoms with Gasteiger partial charge in [-0.25, -0.2) is 4.79 Å². The number of aliphatic hydroxyl groups excluding tert-OH is 1.